The number of nitrogens with one attached hydrogen (secondary N) is 2. The van der Waals surface area contributed by atoms with Crippen molar-refractivity contribution in [1.82, 2.24) is 15.3 Å². The SMILES string of the molecule is CCc1cnc(CNC(=O)c2ccnc(NC)c2)s1. The maximum atomic E-state index is 12.0. The molecule has 6 heteroatoms. The van der Waals surface area contributed by atoms with Crippen LogP contribution in [0.25, 0.3) is 0 Å². The number of hydrogen-bond donors (Lipinski definition) is 2. The lowest BCUT2D eigenvalue weighted by Crippen LogP contribution is -2.22. The number of rotatable bonds is 5. The zero-order valence-electron chi connectivity index (χ0n) is 10.9. The van der Waals surface area contributed by atoms with Gasteiger partial charge in [-0.3, -0.25) is 4.79 Å². The summed E-state index contributed by atoms with van der Waals surface area (Å²) in [5, 5.41) is 6.69. The number of thiazole rings is 1. The van der Waals surface area contributed by atoms with Crippen LogP contribution in [0.15, 0.2) is 24.5 Å². The molecule has 0 spiro atoms. The van der Waals surface area contributed by atoms with E-state index in [4.69, 9.17) is 0 Å². The van der Waals surface area contributed by atoms with E-state index in [0.29, 0.717) is 17.9 Å². The van der Waals surface area contributed by atoms with Crippen LogP contribution in [0.2, 0.25) is 0 Å². The number of hydrogen-bond acceptors (Lipinski definition) is 5. The first-order valence-electron chi connectivity index (χ1n) is 6.08. The fourth-order valence-electron chi connectivity index (χ4n) is 1.56. The molecule has 0 atom stereocenters. The van der Waals surface area contributed by atoms with Gasteiger partial charge in [-0.05, 0) is 18.6 Å². The molecule has 2 rings (SSSR count). The number of nitrogens with zero attached hydrogens (tertiary/aromatic N) is 2. The summed E-state index contributed by atoms with van der Waals surface area (Å²) in [5.41, 5.74) is 0.589. The maximum Gasteiger partial charge on any atom is 0.251 e. The number of amides is 1. The minimum atomic E-state index is -0.118. The second-order valence-corrected chi connectivity index (χ2v) is 5.14. The average molecular weight is 276 g/mol. The molecule has 2 aromatic heterocycles. The van der Waals surface area contributed by atoms with E-state index in [2.05, 4.69) is 27.5 Å². The minimum Gasteiger partial charge on any atom is -0.373 e. The number of anilines is 1. The van der Waals surface area contributed by atoms with Crippen LogP contribution in [0.1, 0.15) is 27.2 Å². The van der Waals surface area contributed by atoms with Crippen LogP contribution in [0, 0.1) is 0 Å². The van der Waals surface area contributed by atoms with Gasteiger partial charge >= 0.3 is 0 Å². The predicted molar refractivity (Wildman–Crippen MR) is 76.4 cm³/mol. The van der Waals surface area contributed by atoms with Crippen LogP contribution in [0.5, 0.6) is 0 Å². The molecule has 0 fully saturated rings. The summed E-state index contributed by atoms with van der Waals surface area (Å²) in [7, 11) is 1.77. The fourth-order valence-corrected chi connectivity index (χ4v) is 2.36. The van der Waals surface area contributed by atoms with Gasteiger partial charge in [0.05, 0.1) is 6.54 Å². The molecule has 0 saturated heterocycles. The molecular formula is C13H16N4OS. The minimum absolute atomic E-state index is 0.118. The summed E-state index contributed by atoms with van der Waals surface area (Å²) >= 11 is 1.63. The predicted octanol–water partition coefficient (Wildman–Crippen LogP) is 2.07. The number of aryl methyl sites for hydroxylation is 1. The molecule has 1 amide bonds. The van der Waals surface area contributed by atoms with E-state index in [0.717, 1.165) is 11.4 Å². The quantitative estimate of drug-likeness (QED) is 0.877. The molecule has 0 radical (unpaired) electrons. The largest absolute Gasteiger partial charge is 0.373 e. The van der Waals surface area contributed by atoms with E-state index in [9.17, 15) is 4.79 Å². The first-order valence-corrected chi connectivity index (χ1v) is 6.90. The molecule has 0 aromatic carbocycles. The molecule has 5 nitrogen and oxygen atoms in total. The average Bonchev–Trinajstić information content (AvgIpc) is 2.93. The van der Waals surface area contributed by atoms with Gasteiger partial charge in [0.2, 0.25) is 0 Å². The van der Waals surface area contributed by atoms with Crippen LogP contribution in [0.3, 0.4) is 0 Å². The summed E-state index contributed by atoms with van der Waals surface area (Å²) in [6, 6.07) is 3.41. The van der Waals surface area contributed by atoms with Crippen molar-refractivity contribution in [2.75, 3.05) is 12.4 Å². The molecule has 0 bridgehead atoms. The lowest BCUT2D eigenvalue weighted by Gasteiger charge is -2.04. The van der Waals surface area contributed by atoms with Gasteiger partial charge in [-0.25, -0.2) is 9.97 Å². The Bertz CT molecular complexity index is 567. The Balaban J connectivity index is 1.96. The Morgan fingerprint density at radius 3 is 2.95 bits per heavy atom. The summed E-state index contributed by atoms with van der Waals surface area (Å²) in [6.07, 6.45) is 4.44. The highest BCUT2D eigenvalue weighted by molar-refractivity contribution is 7.11. The number of carbonyl (C=O) groups excluding carboxylic acids is 1. The zero-order chi connectivity index (χ0) is 13.7. The van der Waals surface area contributed by atoms with Gasteiger partial charge < -0.3 is 10.6 Å². The van der Waals surface area contributed by atoms with E-state index >= 15 is 0 Å². The molecule has 2 aromatic rings. The van der Waals surface area contributed by atoms with Crippen LogP contribution < -0.4 is 10.6 Å². The number of pyridine rings is 1. The Morgan fingerprint density at radius 2 is 2.26 bits per heavy atom. The standard InChI is InChI=1S/C13H16N4OS/c1-3-10-7-16-12(19-10)8-17-13(18)9-4-5-15-11(6-9)14-2/h4-7H,3,8H2,1-2H3,(H,14,15)(H,17,18). The molecule has 19 heavy (non-hydrogen) atoms. The molecule has 0 aliphatic rings. The van der Waals surface area contributed by atoms with Crippen molar-refractivity contribution < 1.29 is 4.79 Å². The van der Waals surface area contributed by atoms with Gasteiger partial charge in [-0.15, -0.1) is 11.3 Å². The van der Waals surface area contributed by atoms with E-state index in [-0.39, 0.29) is 5.91 Å². The Labute approximate surface area is 116 Å². The summed E-state index contributed by atoms with van der Waals surface area (Å²) in [5.74, 6) is 0.558. The van der Waals surface area contributed by atoms with E-state index in [1.54, 1.807) is 36.7 Å². The molecule has 2 N–H and O–H groups in total. The van der Waals surface area contributed by atoms with Gasteiger partial charge in [-0.1, -0.05) is 6.92 Å². The molecule has 100 valence electrons. The first-order chi connectivity index (χ1) is 9.22. The van der Waals surface area contributed by atoms with Crippen molar-refractivity contribution in [3.63, 3.8) is 0 Å². The van der Waals surface area contributed by atoms with Gasteiger partial charge in [0.25, 0.3) is 5.91 Å². The van der Waals surface area contributed by atoms with Crippen LogP contribution in [-0.2, 0) is 13.0 Å². The molecular weight excluding hydrogens is 260 g/mol. The highest BCUT2D eigenvalue weighted by atomic mass is 32.1. The van der Waals surface area contributed by atoms with Crippen molar-refractivity contribution in [3.05, 3.63) is 40.0 Å². The lowest BCUT2D eigenvalue weighted by atomic mass is 10.2. The maximum absolute atomic E-state index is 12.0. The van der Waals surface area contributed by atoms with Crippen molar-refractivity contribution in [3.8, 4) is 0 Å². The number of aromatic nitrogens is 2. The van der Waals surface area contributed by atoms with Crippen LogP contribution >= 0.6 is 11.3 Å². The topological polar surface area (TPSA) is 66.9 Å². The van der Waals surface area contributed by atoms with Gasteiger partial charge in [0.1, 0.15) is 10.8 Å². The van der Waals surface area contributed by atoms with Crippen molar-refractivity contribution >= 4 is 23.1 Å². The second kappa shape index (κ2) is 6.29. The summed E-state index contributed by atoms with van der Waals surface area (Å²) < 4.78 is 0. The third kappa shape index (κ3) is 3.51. The molecule has 0 saturated carbocycles. The van der Waals surface area contributed by atoms with Crippen LogP contribution in [0.4, 0.5) is 5.82 Å². The highest BCUT2D eigenvalue weighted by Gasteiger charge is 2.07. The normalized spacial score (nSPS) is 10.2. The monoisotopic (exact) mass is 276 g/mol. The highest BCUT2D eigenvalue weighted by Crippen LogP contribution is 2.13. The van der Waals surface area contributed by atoms with E-state index in [1.807, 2.05) is 6.20 Å². The van der Waals surface area contributed by atoms with E-state index < -0.39 is 0 Å². The van der Waals surface area contributed by atoms with Gasteiger partial charge in [-0.2, -0.15) is 0 Å². The molecule has 0 aliphatic heterocycles. The Hall–Kier alpha value is -1.95. The Kier molecular flexibility index (Phi) is 4.46. The summed E-state index contributed by atoms with van der Waals surface area (Å²) in [4.78, 5) is 21.5. The van der Waals surface area contributed by atoms with Crippen molar-refractivity contribution in [2.45, 2.75) is 19.9 Å². The molecule has 0 aliphatic carbocycles. The van der Waals surface area contributed by atoms with Gasteiger partial charge in [0, 0.05) is 29.9 Å². The molecule has 0 unspecified atom stereocenters. The second-order valence-electron chi connectivity index (χ2n) is 3.94. The van der Waals surface area contributed by atoms with Crippen molar-refractivity contribution in [1.29, 1.82) is 0 Å². The van der Waals surface area contributed by atoms with E-state index in [1.165, 1.54) is 4.88 Å². The Morgan fingerprint density at radius 1 is 1.42 bits per heavy atom. The third-order valence-corrected chi connectivity index (χ3v) is 3.77. The van der Waals surface area contributed by atoms with Crippen LogP contribution in [-0.4, -0.2) is 22.9 Å². The first kappa shape index (κ1) is 13.5. The summed E-state index contributed by atoms with van der Waals surface area (Å²) in [6.45, 7) is 2.55. The van der Waals surface area contributed by atoms with Gasteiger partial charge in [0.15, 0.2) is 0 Å². The van der Waals surface area contributed by atoms with Crippen molar-refractivity contribution in [2.24, 2.45) is 0 Å². The fraction of sp³-hybridized carbons (Fsp3) is 0.308. The number of carbonyl (C=O) groups is 1. The third-order valence-electron chi connectivity index (χ3n) is 2.63. The zero-order valence-corrected chi connectivity index (χ0v) is 11.8. The lowest BCUT2D eigenvalue weighted by molar-refractivity contribution is 0.0951. The smallest absolute Gasteiger partial charge is 0.251 e. The molecule has 2 heterocycles.